The first-order valence-electron chi connectivity index (χ1n) is 9.52. The summed E-state index contributed by atoms with van der Waals surface area (Å²) < 4.78 is 27.8. The summed E-state index contributed by atoms with van der Waals surface area (Å²) in [6.45, 7) is 1.89. The van der Waals surface area contributed by atoms with E-state index in [-0.39, 0.29) is 16.8 Å². The van der Waals surface area contributed by atoms with Crippen LogP contribution in [-0.4, -0.2) is 24.3 Å². The number of carbonyl (C=O) groups excluding carboxylic acids is 1. The number of hydrogen-bond donors (Lipinski definition) is 4. The Hall–Kier alpha value is -3.85. The van der Waals surface area contributed by atoms with Gasteiger partial charge >= 0.3 is 5.69 Å². The molecule has 1 unspecified atom stereocenters. The van der Waals surface area contributed by atoms with Crippen molar-refractivity contribution in [3.8, 4) is 0 Å². The van der Waals surface area contributed by atoms with E-state index in [9.17, 15) is 18.0 Å². The van der Waals surface area contributed by atoms with Crippen LogP contribution in [0.4, 0.5) is 5.69 Å². The van der Waals surface area contributed by atoms with Gasteiger partial charge in [-0.25, -0.2) is 13.2 Å². The first-order chi connectivity index (χ1) is 14.8. The van der Waals surface area contributed by atoms with Crippen molar-refractivity contribution in [3.05, 3.63) is 94.4 Å². The van der Waals surface area contributed by atoms with Crippen LogP contribution in [0.15, 0.2) is 82.5 Å². The maximum Gasteiger partial charge on any atom is 0.323 e. The van der Waals surface area contributed by atoms with Gasteiger partial charge in [0.15, 0.2) is 0 Å². The number of imidazole rings is 1. The third-order valence-electron chi connectivity index (χ3n) is 4.84. The fraction of sp³-hybridized carbons (Fsp3) is 0.0909. The number of sulfonamides is 1. The number of nitrogens with one attached hydrogen (secondary N) is 4. The Morgan fingerprint density at radius 2 is 1.58 bits per heavy atom. The predicted molar refractivity (Wildman–Crippen MR) is 118 cm³/mol. The van der Waals surface area contributed by atoms with E-state index in [4.69, 9.17) is 0 Å². The standard InChI is InChI=1S/C22H20N4O4S/c1-14(15-5-3-2-4-6-15)23-21(27)16-7-9-17(10-8-16)26-31(29,30)18-11-12-19-20(13-18)25-22(28)24-19/h2-14,26H,1H3,(H,23,27)(H2,24,25,28). The molecule has 1 heterocycles. The molecular formula is C22H20N4O4S. The molecule has 4 aromatic rings. The second kappa shape index (κ2) is 8.11. The Kier molecular flexibility index (Phi) is 5.35. The quantitative estimate of drug-likeness (QED) is 0.371. The van der Waals surface area contributed by atoms with Gasteiger partial charge in [0, 0.05) is 11.3 Å². The van der Waals surface area contributed by atoms with E-state index in [2.05, 4.69) is 20.0 Å². The zero-order valence-electron chi connectivity index (χ0n) is 16.5. The van der Waals surface area contributed by atoms with E-state index < -0.39 is 15.7 Å². The molecule has 31 heavy (non-hydrogen) atoms. The number of aromatic nitrogens is 2. The van der Waals surface area contributed by atoms with Crippen LogP contribution in [0.25, 0.3) is 11.0 Å². The van der Waals surface area contributed by atoms with Crippen molar-refractivity contribution < 1.29 is 13.2 Å². The highest BCUT2D eigenvalue weighted by molar-refractivity contribution is 7.92. The largest absolute Gasteiger partial charge is 0.346 e. The summed E-state index contributed by atoms with van der Waals surface area (Å²) in [5.41, 5.74) is 2.22. The number of carbonyl (C=O) groups is 1. The highest BCUT2D eigenvalue weighted by atomic mass is 32.2. The minimum atomic E-state index is -3.87. The van der Waals surface area contributed by atoms with E-state index >= 15 is 0 Å². The lowest BCUT2D eigenvalue weighted by Gasteiger charge is -2.14. The van der Waals surface area contributed by atoms with Gasteiger partial charge in [0.2, 0.25) is 0 Å². The summed E-state index contributed by atoms with van der Waals surface area (Å²) in [6, 6.07) is 19.9. The first-order valence-corrected chi connectivity index (χ1v) is 11.0. The molecule has 0 aliphatic heterocycles. The maximum absolute atomic E-state index is 12.7. The Labute approximate surface area is 178 Å². The minimum Gasteiger partial charge on any atom is -0.346 e. The van der Waals surface area contributed by atoms with Crippen molar-refractivity contribution in [1.82, 2.24) is 15.3 Å². The molecule has 8 nitrogen and oxygen atoms in total. The molecule has 0 bridgehead atoms. The zero-order valence-corrected chi connectivity index (χ0v) is 17.4. The average molecular weight is 436 g/mol. The average Bonchev–Trinajstić information content (AvgIpc) is 3.13. The molecule has 1 atom stereocenters. The summed E-state index contributed by atoms with van der Waals surface area (Å²) in [7, 11) is -3.87. The number of amides is 1. The van der Waals surface area contributed by atoms with Crippen molar-refractivity contribution >= 4 is 32.7 Å². The molecule has 1 amide bonds. The lowest BCUT2D eigenvalue weighted by molar-refractivity contribution is 0.0940. The van der Waals surface area contributed by atoms with Crippen molar-refractivity contribution in [2.24, 2.45) is 0 Å². The van der Waals surface area contributed by atoms with Gasteiger partial charge in [-0.05, 0) is 55.0 Å². The number of aromatic amines is 2. The monoisotopic (exact) mass is 436 g/mol. The van der Waals surface area contributed by atoms with Crippen molar-refractivity contribution in [2.75, 3.05) is 4.72 Å². The van der Waals surface area contributed by atoms with Gasteiger partial charge in [-0.15, -0.1) is 0 Å². The lowest BCUT2D eigenvalue weighted by Crippen LogP contribution is -2.26. The smallest absolute Gasteiger partial charge is 0.323 e. The molecule has 3 aromatic carbocycles. The van der Waals surface area contributed by atoms with E-state index in [0.29, 0.717) is 22.3 Å². The van der Waals surface area contributed by atoms with Crippen LogP contribution in [0.2, 0.25) is 0 Å². The molecular weight excluding hydrogens is 416 g/mol. The van der Waals surface area contributed by atoms with Crippen LogP contribution in [-0.2, 0) is 10.0 Å². The van der Waals surface area contributed by atoms with Crippen molar-refractivity contribution in [3.63, 3.8) is 0 Å². The molecule has 0 radical (unpaired) electrons. The molecule has 0 saturated heterocycles. The van der Waals surface area contributed by atoms with Crippen LogP contribution in [0.1, 0.15) is 28.9 Å². The Morgan fingerprint density at radius 1 is 0.903 bits per heavy atom. The lowest BCUT2D eigenvalue weighted by atomic mass is 10.1. The number of fused-ring (bicyclic) bond motifs is 1. The van der Waals surface area contributed by atoms with Gasteiger partial charge in [0.1, 0.15) is 0 Å². The van der Waals surface area contributed by atoms with E-state index in [1.54, 1.807) is 12.1 Å². The summed E-state index contributed by atoms with van der Waals surface area (Å²) in [5.74, 6) is -0.257. The molecule has 0 aliphatic carbocycles. The number of rotatable bonds is 6. The fourth-order valence-electron chi connectivity index (χ4n) is 3.19. The highest BCUT2D eigenvalue weighted by Gasteiger charge is 2.16. The second-order valence-electron chi connectivity index (χ2n) is 7.08. The van der Waals surface area contributed by atoms with Gasteiger partial charge in [0.25, 0.3) is 15.9 Å². The Balaban J connectivity index is 1.47. The van der Waals surface area contributed by atoms with E-state index in [1.807, 2.05) is 37.3 Å². The normalized spacial score (nSPS) is 12.4. The molecule has 0 saturated carbocycles. The number of anilines is 1. The third-order valence-corrected chi connectivity index (χ3v) is 6.22. The van der Waals surface area contributed by atoms with Gasteiger partial charge in [-0.2, -0.15) is 0 Å². The van der Waals surface area contributed by atoms with E-state index in [1.165, 1.54) is 30.3 Å². The van der Waals surface area contributed by atoms with Crippen molar-refractivity contribution in [2.45, 2.75) is 17.9 Å². The molecule has 9 heteroatoms. The molecule has 0 fully saturated rings. The first kappa shape index (κ1) is 20.4. The fourth-order valence-corrected chi connectivity index (χ4v) is 4.27. The maximum atomic E-state index is 12.7. The van der Waals surface area contributed by atoms with Crippen LogP contribution in [0.3, 0.4) is 0 Å². The highest BCUT2D eigenvalue weighted by Crippen LogP contribution is 2.20. The van der Waals surface area contributed by atoms with Gasteiger partial charge in [-0.1, -0.05) is 30.3 Å². The molecule has 0 spiro atoms. The summed E-state index contributed by atoms with van der Waals surface area (Å²) in [5, 5.41) is 2.92. The topological polar surface area (TPSA) is 124 Å². The van der Waals surface area contributed by atoms with Crippen LogP contribution in [0, 0.1) is 0 Å². The SMILES string of the molecule is CC(NC(=O)c1ccc(NS(=O)(=O)c2ccc3[nH]c(=O)[nH]c3c2)cc1)c1ccccc1. The predicted octanol–water partition coefficient (Wildman–Crippen LogP) is 3.15. The van der Waals surface area contributed by atoms with Crippen LogP contribution >= 0.6 is 0 Å². The van der Waals surface area contributed by atoms with E-state index in [0.717, 1.165) is 5.56 Å². The summed E-state index contributed by atoms with van der Waals surface area (Å²) >= 11 is 0. The third kappa shape index (κ3) is 4.51. The molecule has 4 rings (SSSR count). The Bertz CT molecular complexity index is 1390. The van der Waals surface area contributed by atoms with Crippen molar-refractivity contribution in [1.29, 1.82) is 0 Å². The summed E-state index contributed by atoms with van der Waals surface area (Å²) in [6.07, 6.45) is 0. The number of H-pyrrole nitrogens is 2. The molecule has 158 valence electrons. The summed E-state index contributed by atoms with van der Waals surface area (Å²) in [4.78, 5) is 29.0. The van der Waals surface area contributed by atoms with Gasteiger partial charge in [-0.3, -0.25) is 9.52 Å². The molecule has 0 aliphatic rings. The molecule has 4 N–H and O–H groups in total. The van der Waals surface area contributed by atoms with Gasteiger partial charge < -0.3 is 15.3 Å². The van der Waals surface area contributed by atoms with Crippen LogP contribution in [0.5, 0.6) is 0 Å². The minimum absolute atomic E-state index is 0.00811. The number of benzene rings is 3. The Morgan fingerprint density at radius 3 is 2.29 bits per heavy atom. The van der Waals surface area contributed by atoms with Gasteiger partial charge in [0.05, 0.1) is 22.0 Å². The zero-order chi connectivity index (χ0) is 22.0. The van der Waals surface area contributed by atoms with Crippen LogP contribution < -0.4 is 15.7 Å². The molecule has 1 aromatic heterocycles. The second-order valence-corrected chi connectivity index (χ2v) is 8.76. The number of hydrogen-bond acceptors (Lipinski definition) is 4.